The van der Waals surface area contributed by atoms with E-state index in [9.17, 15) is 0 Å². The van der Waals surface area contributed by atoms with Crippen LogP contribution >= 0.6 is 0 Å². The molecule has 2 aromatic rings. The zero-order chi connectivity index (χ0) is 20.4. The Morgan fingerprint density at radius 2 is 1.82 bits per heavy atom. The molecule has 0 unspecified atom stereocenters. The van der Waals surface area contributed by atoms with E-state index in [1.54, 1.807) is 18.5 Å². The Morgan fingerprint density at radius 3 is 2.46 bits per heavy atom. The lowest BCUT2D eigenvalue weighted by Crippen LogP contribution is -1.96. The average Bonchev–Trinajstić information content (AvgIpc) is 2.73. The van der Waals surface area contributed by atoms with Crippen molar-refractivity contribution < 1.29 is 0 Å². The van der Waals surface area contributed by atoms with Gasteiger partial charge < -0.3 is 0 Å². The molecule has 0 aromatic heterocycles. The third-order valence-electron chi connectivity index (χ3n) is 4.60. The molecule has 0 radical (unpaired) electrons. The summed E-state index contributed by atoms with van der Waals surface area (Å²) >= 11 is 0. The summed E-state index contributed by atoms with van der Waals surface area (Å²) in [6.07, 6.45) is 8.56. The van der Waals surface area contributed by atoms with Gasteiger partial charge in [0.25, 0.3) is 0 Å². The van der Waals surface area contributed by atoms with E-state index in [0.717, 1.165) is 47.4 Å². The summed E-state index contributed by atoms with van der Waals surface area (Å²) in [7, 11) is 0. The van der Waals surface area contributed by atoms with Gasteiger partial charge in [0, 0.05) is 29.3 Å². The predicted molar refractivity (Wildman–Crippen MR) is 126 cm³/mol. The van der Waals surface area contributed by atoms with Gasteiger partial charge in [-0.25, -0.2) is 0 Å². The lowest BCUT2D eigenvalue weighted by Gasteiger charge is -2.16. The largest absolute Gasteiger partial charge is 0.269 e. The summed E-state index contributed by atoms with van der Waals surface area (Å²) in [5, 5.41) is 0. The molecule has 0 saturated heterocycles. The van der Waals surface area contributed by atoms with E-state index in [0.29, 0.717) is 0 Å². The Labute approximate surface area is 169 Å². The summed E-state index contributed by atoms with van der Waals surface area (Å²) in [5.41, 5.74) is 7.34. The van der Waals surface area contributed by atoms with Crippen LogP contribution in [0.2, 0.25) is 0 Å². The van der Waals surface area contributed by atoms with E-state index in [-0.39, 0.29) is 0 Å². The van der Waals surface area contributed by atoms with Crippen LogP contribution in [-0.2, 0) is 0 Å². The lowest BCUT2D eigenvalue weighted by molar-refractivity contribution is 0.825. The van der Waals surface area contributed by atoms with Gasteiger partial charge in [-0.2, -0.15) is 0 Å². The molecule has 0 aliphatic carbocycles. The molecule has 0 atom stereocenters. The molecule has 2 nitrogen and oxygen atoms in total. The van der Waals surface area contributed by atoms with Crippen LogP contribution in [0.15, 0.2) is 89.5 Å². The monoisotopic (exact) mass is 370 g/mol. The van der Waals surface area contributed by atoms with E-state index in [2.05, 4.69) is 67.5 Å². The second-order valence-corrected chi connectivity index (χ2v) is 6.67. The van der Waals surface area contributed by atoms with Gasteiger partial charge in [-0.1, -0.05) is 75.0 Å². The van der Waals surface area contributed by atoms with Crippen LogP contribution in [-0.4, -0.2) is 11.9 Å². The van der Waals surface area contributed by atoms with Crippen molar-refractivity contribution in [1.82, 2.24) is 0 Å². The standard InChI is InChI=1S/C26H30N2/c1-6-9-14-20(4)26-24(23-15-11-10-12-16-23)17-13-18-25(26)28-21(5)22(7-2)19-27-8-3/h7-8,10-13,15-19H,2,4,6,9,14H2,1,3,5H3/b22-19+,27-8-,28-21+. The first-order valence-electron chi connectivity index (χ1n) is 9.85. The topological polar surface area (TPSA) is 24.7 Å². The van der Waals surface area contributed by atoms with Gasteiger partial charge in [-0.05, 0) is 49.5 Å². The number of allylic oxidation sites excluding steroid dienone is 3. The number of nitrogens with zero attached hydrogens (tertiary/aromatic N) is 2. The number of benzene rings is 2. The maximum Gasteiger partial charge on any atom is 0.0714 e. The third-order valence-corrected chi connectivity index (χ3v) is 4.60. The van der Waals surface area contributed by atoms with E-state index in [1.807, 2.05) is 19.9 Å². The highest BCUT2D eigenvalue weighted by molar-refractivity contribution is 6.03. The molecule has 0 aliphatic rings. The number of hydrogen-bond donors (Lipinski definition) is 0. The average molecular weight is 371 g/mol. The van der Waals surface area contributed by atoms with E-state index >= 15 is 0 Å². The second-order valence-electron chi connectivity index (χ2n) is 6.67. The predicted octanol–water partition coefficient (Wildman–Crippen LogP) is 7.81. The molecule has 0 N–H and O–H groups in total. The minimum absolute atomic E-state index is 0.885. The molecule has 0 spiro atoms. The molecule has 0 bridgehead atoms. The Kier molecular flexibility index (Phi) is 8.36. The number of rotatable bonds is 9. The van der Waals surface area contributed by atoms with Crippen LogP contribution in [0.5, 0.6) is 0 Å². The zero-order valence-corrected chi connectivity index (χ0v) is 17.3. The van der Waals surface area contributed by atoms with Gasteiger partial charge in [0.05, 0.1) is 5.69 Å². The fourth-order valence-corrected chi connectivity index (χ4v) is 3.07. The Hall–Kier alpha value is -3.00. The quantitative estimate of drug-likeness (QED) is 0.317. The van der Waals surface area contributed by atoms with Crippen LogP contribution in [0.3, 0.4) is 0 Å². The van der Waals surface area contributed by atoms with Crippen molar-refractivity contribution in [3.05, 3.63) is 85.1 Å². The van der Waals surface area contributed by atoms with Crippen molar-refractivity contribution in [3.63, 3.8) is 0 Å². The van der Waals surface area contributed by atoms with E-state index < -0.39 is 0 Å². The SMILES string of the molecule is C=CC(=C\N=C/C)/C(C)=N/c1cccc(-c2ccccc2)c1C(=C)CCCC. The van der Waals surface area contributed by atoms with Crippen LogP contribution in [0.25, 0.3) is 16.7 Å². The number of hydrogen-bond acceptors (Lipinski definition) is 2. The molecule has 28 heavy (non-hydrogen) atoms. The Balaban J connectivity index is 2.62. The van der Waals surface area contributed by atoms with Crippen molar-refractivity contribution in [2.45, 2.75) is 40.0 Å². The minimum Gasteiger partial charge on any atom is -0.269 e. The minimum atomic E-state index is 0.885. The van der Waals surface area contributed by atoms with Crippen molar-refractivity contribution in [1.29, 1.82) is 0 Å². The van der Waals surface area contributed by atoms with Gasteiger partial charge in [-0.15, -0.1) is 0 Å². The van der Waals surface area contributed by atoms with Crippen LogP contribution < -0.4 is 0 Å². The van der Waals surface area contributed by atoms with Crippen molar-refractivity contribution in [3.8, 4) is 11.1 Å². The molecule has 0 aliphatic heterocycles. The van der Waals surface area contributed by atoms with Crippen LogP contribution in [0.4, 0.5) is 5.69 Å². The zero-order valence-electron chi connectivity index (χ0n) is 17.3. The first-order valence-corrected chi connectivity index (χ1v) is 9.85. The van der Waals surface area contributed by atoms with Gasteiger partial charge in [-0.3, -0.25) is 9.98 Å². The molecule has 0 heterocycles. The highest BCUT2D eigenvalue weighted by Crippen LogP contribution is 2.37. The molecule has 2 aromatic carbocycles. The molecular weight excluding hydrogens is 340 g/mol. The van der Waals surface area contributed by atoms with E-state index in [1.165, 1.54) is 11.1 Å². The second kappa shape index (κ2) is 11.0. The van der Waals surface area contributed by atoms with Gasteiger partial charge in [0.1, 0.15) is 0 Å². The maximum absolute atomic E-state index is 4.94. The summed E-state index contributed by atoms with van der Waals surface area (Å²) in [4.78, 5) is 9.15. The fourth-order valence-electron chi connectivity index (χ4n) is 3.07. The molecule has 0 amide bonds. The maximum atomic E-state index is 4.94. The van der Waals surface area contributed by atoms with Crippen molar-refractivity contribution in [2.24, 2.45) is 9.98 Å². The molecule has 0 fully saturated rings. The number of aliphatic imine (C=N–C) groups is 2. The van der Waals surface area contributed by atoms with Gasteiger partial charge >= 0.3 is 0 Å². The first kappa shape index (κ1) is 21.3. The molecule has 2 heteroatoms. The molecule has 144 valence electrons. The molecule has 2 rings (SSSR count). The molecular formula is C26H30N2. The lowest BCUT2D eigenvalue weighted by atomic mass is 9.91. The molecule has 0 saturated carbocycles. The summed E-state index contributed by atoms with van der Waals surface area (Å²) in [6, 6.07) is 16.7. The van der Waals surface area contributed by atoms with Gasteiger partial charge in [0.15, 0.2) is 0 Å². The van der Waals surface area contributed by atoms with Crippen molar-refractivity contribution >= 4 is 23.2 Å². The fraction of sp³-hybridized carbons (Fsp3) is 0.231. The third kappa shape index (κ3) is 5.50. The van der Waals surface area contributed by atoms with E-state index in [4.69, 9.17) is 4.99 Å². The van der Waals surface area contributed by atoms with Crippen molar-refractivity contribution in [2.75, 3.05) is 0 Å². The van der Waals surface area contributed by atoms with Crippen LogP contribution in [0.1, 0.15) is 45.6 Å². The highest BCUT2D eigenvalue weighted by Gasteiger charge is 2.13. The summed E-state index contributed by atoms with van der Waals surface area (Å²) in [5.74, 6) is 0. The number of unbranched alkanes of at least 4 members (excludes halogenated alkanes) is 1. The first-order chi connectivity index (χ1) is 13.6. The smallest absolute Gasteiger partial charge is 0.0714 e. The summed E-state index contributed by atoms with van der Waals surface area (Å²) in [6.45, 7) is 14.4. The Morgan fingerprint density at radius 1 is 1.07 bits per heavy atom. The normalized spacial score (nSPS) is 12.4. The van der Waals surface area contributed by atoms with Crippen LogP contribution in [0, 0.1) is 0 Å². The Bertz CT molecular complexity index is 899. The van der Waals surface area contributed by atoms with Gasteiger partial charge in [0.2, 0.25) is 0 Å². The summed E-state index contributed by atoms with van der Waals surface area (Å²) < 4.78 is 0. The highest BCUT2D eigenvalue weighted by atomic mass is 14.8.